The van der Waals surface area contributed by atoms with Crippen molar-refractivity contribution < 1.29 is 19.4 Å². The molecule has 3 atom stereocenters. The zero-order chi connectivity index (χ0) is 15.3. The number of carboxylic acids is 1. The van der Waals surface area contributed by atoms with Crippen LogP contribution >= 0.6 is 0 Å². The number of carboxylic acid groups (broad SMARTS) is 1. The zero-order valence-corrected chi connectivity index (χ0v) is 11.9. The number of carbonyl (C=O) groups excluding carboxylic acids is 1. The SMILES string of the molecule is CC(C)(C)OC(=O)N[C@H]1CC[C@@H](C(=O)O)C[C@@H]1N=[N+]=[N-]. The quantitative estimate of drug-likeness (QED) is 0.469. The van der Waals surface area contributed by atoms with Gasteiger partial charge in [0.1, 0.15) is 5.60 Å². The Labute approximate surface area is 117 Å². The van der Waals surface area contributed by atoms with Crippen molar-refractivity contribution in [3.05, 3.63) is 10.4 Å². The molecule has 8 nitrogen and oxygen atoms in total. The van der Waals surface area contributed by atoms with E-state index in [1.807, 2.05) is 0 Å². The predicted molar refractivity (Wildman–Crippen MR) is 71.1 cm³/mol. The number of amides is 1. The first-order chi connectivity index (χ1) is 9.23. The molecule has 0 aromatic rings. The molecule has 20 heavy (non-hydrogen) atoms. The summed E-state index contributed by atoms with van der Waals surface area (Å²) in [5.41, 5.74) is 7.93. The molecule has 0 spiro atoms. The second-order valence-electron chi connectivity index (χ2n) is 5.87. The first-order valence-corrected chi connectivity index (χ1v) is 6.49. The van der Waals surface area contributed by atoms with Gasteiger partial charge in [-0.25, -0.2) is 4.79 Å². The molecule has 1 amide bonds. The van der Waals surface area contributed by atoms with Gasteiger partial charge in [-0.1, -0.05) is 5.11 Å². The molecule has 1 fully saturated rings. The molecule has 1 aliphatic rings. The zero-order valence-electron chi connectivity index (χ0n) is 11.9. The Kier molecular flexibility index (Phi) is 5.21. The summed E-state index contributed by atoms with van der Waals surface area (Å²) in [5, 5.41) is 15.2. The van der Waals surface area contributed by atoms with Gasteiger partial charge < -0.3 is 15.2 Å². The summed E-state index contributed by atoms with van der Waals surface area (Å²) < 4.78 is 5.14. The van der Waals surface area contributed by atoms with Crippen molar-refractivity contribution in [2.75, 3.05) is 0 Å². The van der Waals surface area contributed by atoms with Crippen LogP contribution in [0.25, 0.3) is 10.4 Å². The van der Waals surface area contributed by atoms with E-state index in [4.69, 9.17) is 15.4 Å². The van der Waals surface area contributed by atoms with Gasteiger partial charge in [-0.3, -0.25) is 4.79 Å². The minimum Gasteiger partial charge on any atom is -0.481 e. The average Bonchev–Trinajstić information content (AvgIpc) is 2.28. The molecule has 0 bridgehead atoms. The van der Waals surface area contributed by atoms with Crippen molar-refractivity contribution in [1.29, 1.82) is 0 Å². The number of carbonyl (C=O) groups is 2. The molecule has 112 valence electrons. The molecular formula is C12H20N4O4. The van der Waals surface area contributed by atoms with Gasteiger partial charge >= 0.3 is 12.1 Å². The number of ether oxygens (including phenoxy) is 1. The number of rotatable bonds is 3. The molecule has 8 heteroatoms. The van der Waals surface area contributed by atoms with Crippen molar-refractivity contribution >= 4 is 12.1 Å². The first kappa shape index (κ1) is 16.1. The molecule has 1 aliphatic carbocycles. The summed E-state index contributed by atoms with van der Waals surface area (Å²) in [7, 11) is 0. The topological polar surface area (TPSA) is 124 Å². The van der Waals surface area contributed by atoms with Gasteiger partial charge in [0, 0.05) is 11.0 Å². The summed E-state index contributed by atoms with van der Waals surface area (Å²) in [5.74, 6) is -1.44. The molecule has 2 N–H and O–H groups in total. The maximum atomic E-state index is 11.7. The smallest absolute Gasteiger partial charge is 0.407 e. The van der Waals surface area contributed by atoms with Crippen LogP contribution in [-0.4, -0.2) is 34.9 Å². The summed E-state index contributed by atoms with van der Waals surface area (Å²) in [6, 6.07) is -0.960. The second kappa shape index (κ2) is 6.47. The Balaban J connectivity index is 2.66. The van der Waals surface area contributed by atoms with Gasteiger partial charge in [-0.05, 0) is 45.6 Å². The molecule has 0 heterocycles. The van der Waals surface area contributed by atoms with Crippen LogP contribution < -0.4 is 5.32 Å². The third-order valence-electron chi connectivity index (χ3n) is 3.07. The Morgan fingerprint density at radius 2 is 2.05 bits per heavy atom. The van der Waals surface area contributed by atoms with Crippen LogP contribution in [0.1, 0.15) is 40.0 Å². The van der Waals surface area contributed by atoms with Crippen LogP contribution in [-0.2, 0) is 9.53 Å². The highest BCUT2D eigenvalue weighted by molar-refractivity contribution is 5.71. The molecular weight excluding hydrogens is 264 g/mol. The van der Waals surface area contributed by atoms with Gasteiger partial charge in [0.2, 0.25) is 0 Å². The van der Waals surface area contributed by atoms with Crippen LogP contribution in [0, 0.1) is 5.92 Å². The molecule has 0 aromatic carbocycles. The maximum Gasteiger partial charge on any atom is 0.407 e. The highest BCUT2D eigenvalue weighted by atomic mass is 16.6. The number of nitrogens with zero attached hydrogens (tertiary/aromatic N) is 3. The number of hydrogen-bond acceptors (Lipinski definition) is 4. The van der Waals surface area contributed by atoms with E-state index in [2.05, 4.69) is 15.3 Å². The van der Waals surface area contributed by atoms with E-state index in [1.54, 1.807) is 20.8 Å². The van der Waals surface area contributed by atoms with E-state index < -0.39 is 35.7 Å². The van der Waals surface area contributed by atoms with Gasteiger partial charge in [-0.15, -0.1) is 0 Å². The molecule has 0 unspecified atom stereocenters. The van der Waals surface area contributed by atoms with Crippen LogP contribution in [0.3, 0.4) is 0 Å². The molecule has 0 aromatic heterocycles. The minimum atomic E-state index is -0.904. The number of alkyl carbamates (subject to hydrolysis) is 1. The summed E-state index contributed by atoms with van der Waals surface area (Å²) in [4.78, 5) is 25.4. The Morgan fingerprint density at radius 3 is 2.55 bits per heavy atom. The lowest BCUT2D eigenvalue weighted by Gasteiger charge is -2.32. The van der Waals surface area contributed by atoms with Crippen molar-refractivity contribution in [2.24, 2.45) is 11.0 Å². The fraction of sp³-hybridized carbons (Fsp3) is 0.833. The lowest BCUT2D eigenvalue weighted by molar-refractivity contribution is -0.143. The number of hydrogen-bond donors (Lipinski definition) is 2. The third kappa shape index (κ3) is 4.97. The Morgan fingerprint density at radius 1 is 1.40 bits per heavy atom. The second-order valence-corrected chi connectivity index (χ2v) is 5.87. The Bertz CT molecular complexity index is 426. The highest BCUT2D eigenvalue weighted by Gasteiger charge is 2.34. The lowest BCUT2D eigenvalue weighted by atomic mass is 9.83. The van der Waals surface area contributed by atoms with Gasteiger partial charge in [0.25, 0.3) is 0 Å². The summed E-state index contributed by atoms with van der Waals surface area (Å²) in [6.45, 7) is 5.25. The lowest BCUT2D eigenvalue weighted by Crippen LogP contribution is -2.48. The first-order valence-electron chi connectivity index (χ1n) is 6.49. The van der Waals surface area contributed by atoms with Crippen molar-refractivity contribution in [3.8, 4) is 0 Å². The molecule has 1 saturated carbocycles. The number of azide groups is 1. The molecule has 0 radical (unpaired) electrons. The summed E-state index contributed by atoms with van der Waals surface area (Å²) >= 11 is 0. The fourth-order valence-electron chi connectivity index (χ4n) is 2.19. The van der Waals surface area contributed by atoms with Crippen molar-refractivity contribution in [2.45, 2.75) is 57.7 Å². The van der Waals surface area contributed by atoms with Crippen LogP contribution in [0.5, 0.6) is 0 Å². The van der Waals surface area contributed by atoms with E-state index in [9.17, 15) is 9.59 Å². The number of aliphatic carboxylic acids is 1. The monoisotopic (exact) mass is 284 g/mol. The minimum absolute atomic E-state index is 0.222. The van der Waals surface area contributed by atoms with Gasteiger partial charge in [-0.2, -0.15) is 0 Å². The Hall–Kier alpha value is -1.95. The van der Waals surface area contributed by atoms with E-state index in [-0.39, 0.29) is 6.42 Å². The average molecular weight is 284 g/mol. The van der Waals surface area contributed by atoms with E-state index in [0.29, 0.717) is 12.8 Å². The molecule has 0 saturated heterocycles. The van der Waals surface area contributed by atoms with E-state index in [0.717, 1.165) is 0 Å². The van der Waals surface area contributed by atoms with Crippen molar-refractivity contribution in [1.82, 2.24) is 5.32 Å². The van der Waals surface area contributed by atoms with E-state index >= 15 is 0 Å². The third-order valence-corrected chi connectivity index (χ3v) is 3.07. The molecule has 1 rings (SSSR count). The van der Waals surface area contributed by atoms with Crippen molar-refractivity contribution in [3.63, 3.8) is 0 Å². The van der Waals surface area contributed by atoms with Gasteiger partial charge in [0.05, 0.1) is 12.0 Å². The van der Waals surface area contributed by atoms with Crippen LogP contribution in [0.2, 0.25) is 0 Å². The maximum absolute atomic E-state index is 11.7. The van der Waals surface area contributed by atoms with E-state index in [1.165, 1.54) is 0 Å². The fourth-order valence-corrected chi connectivity index (χ4v) is 2.19. The molecule has 0 aliphatic heterocycles. The normalized spacial score (nSPS) is 26.2. The standard InChI is InChI=1S/C12H20N4O4/c1-12(2,3)20-11(19)14-8-5-4-7(10(17)18)6-9(8)15-16-13/h7-9H,4-6H2,1-3H3,(H,14,19)(H,17,18)/t7-,8+,9+/m1/s1. The van der Waals surface area contributed by atoms with Gasteiger partial charge in [0.15, 0.2) is 0 Å². The van der Waals surface area contributed by atoms with Crippen LogP contribution in [0.4, 0.5) is 4.79 Å². The number of nitrogens with one attached hydrogen (secondary N) is 1. The van der Waals surface area contributed by atoms with Crippen LogP contribution in [0.15, 0.2) is 5.11 Å². The highest BCUT2D eigenvalue weighted by Crippen LogP contribution is 2.27. The summed E-state index contributed by atoms with van der Waals surface area (Å²) in [6.07, 6.45) is 0.516. The largest absolute Gasteiger partial charge is 0.481 e. The predicted octanol–water partition coefficient (Wildman–Crippen LogP) is 2.44.